The second-order valence-corrected chi connectivity index (χ2v) is 10.6. The van der Waals surface area contributed by atoms with Gasteiger partial charge in [-0.1, -0.05) is 12.1 Å². The van der Waals surface area contributed by atoms with Crippen molar-refractivity contribution >= 4 is 34.0 Å². The predicted molar refractivity (Wildman–Crippen MR) is 156 cm³/mol. The molecule has 8 nitrogen and oxygen atoms in total. The first-order chi connectivity index (χ1) is 19.0. The van der Waals surface area contributed by atoms with Crippen molar-refractivity contribution in [2.24, 2.45) is 0 Å². The Morgan fingerprint density at radius 1 is 0.974 bits per heavy atom. The summed E-state index contributed by atoms with van der Waals surface area (Å²) in [5.41, 5.74) is 3.64. The first kappa shape index (κ1) is 25.1. The number of carbonyl (C=O) groups is 1. The van der Waals surface area contributed by atoms with Gasteiger partial charge in [0.25, 0.3) is 5.56 Å². The zero-order valence-corrected chi connectivity index (χ0v) is 22.3. The lowest BCUT2D eigenvalue weighted by Crippen LogP contribution is -2.36. The van der Waals surface area contributed by atoms with Crippen LogP contribution in [-0.2, 0) is 4.79 Å². The summed E-state index contributed by atoms with van der Waals surface area (Å²) in [5.74, 6) is 2.12. The van der Waals surface area contributed by atoms with E-state index in [1.54, 1.807) is 13.1 Å². The van der Waals surface area contributed by atoms with Crippen molar-refractivity contribution in [1.29, 1.82) is 0 Å². The third kappa shape index (κ3) is 5.37. The van der Waals surface area contributed by atoms with Crippen molar-refractivity contribution in [3.63, 3.8) is 0 Å². The zero-order valence-electron chi connectivity index (χ0n) is 22.3. The SMILES string of the molecule is CC(=O)N1CCC(c2ccc(Nc3nc(-c4ccc(N5CCCCC5)nc4)cc4cc[nH]c(=O)c34)cc2)CC1. The third-order valence-electron chi connectivity index (χ3n) is 8.06. The third-order valence-corrected chi connectivity index (χ3v) is 8.06. The molecular weight excluding hydrogens is 488 g/mol. The molecule has 2 N–H and O–H groups in total. The van der Waals surface area contributed by atoms with Gasteiger partial charge in [0.2, 0.25) is 5.91 Å². The second kappa shape index (κ2) is 10.9. The van der Waals surface area contributed by atoms with E-state index in [2.05, 4.69) is 39.5 Å². The van der Waals surface area contributed by atoms with Gasteiger partial charge < -0.3 is 20.1 Å². The Morgan fingerprint density at radius 3 is 2.44 bits per heavy atom. The van der Waals surface area contributed by atoms with E-state index in [1.165, 1.54) is 24.8 Å². The smallest absolute Gasteiger partial charge is 0.259 e. The van der Waals surface area contributed by atoms with Gasteiger partial charge in [-0.25, -0.2) is 9.97 Å². The topological polar surface area (TPSA) is 94.2 Å². The van der Waals surface area contributed by atoms with Crippen LogP contribution in [0.4, 0.5) is 17.3 Å². The number of hydrogen-bond donors (Lipinski definition) is 2. The van der Waals surface area contributed by atoms with Crippen molar-refractivity contribution in [1.82, 2.24) is 19.9 Å². The van der Waals surface area contributed by atoms with Crippen LogP contribution in [0, 0.1) is 0 Å². The van der Waals surface area contributed by atoms with E-state index in [4.69, 9.17) is 9.97 Å². The molecule has 2 aliphatic rings. The number of carbonyl (C=O) groups excluding carboxylic acids is 1. The largest absolute Gasteiger partial charge is 0.357 e. The quantitative estimate of drug-likeness (QED) is 0.362. The van der Waals surface area contributed by atoms with Crippen molar-refractivity contribution < 1.29 is 4.79 Å². The standard InChI is InChI=1S/C31H34N6O2/c1-21(38)36-17-12-23(13-18-36)22-5-8-26(9-6-22)34-30-29-24(11-14-32-31(29)39)19-27(35-30)25-7-10-28(33-20-25)37-15-3-2-4-16-37/h5-11,14,19-20,23H,2-4,12-13,15-18H2,1H3,(H,32,39)(H,34,35). The summed E-state index contributed by atoms with van der Waals surface area (Å²) in [4.78, 5) is 41.1. The molecule has 2 aliphatic heterocycles. The number of likely N-dealkylation sites (tertiary alicyclic amines) is 1. The van der Waals surface area contributed by atoms with E-state index < -0.39 is 0 Å². The molecule has 2 saturated heterocycles. The number of benzene rings is 1. The minimum Gasteiger partial charge on any atom is -0.357 e. The number of amides is 1. The number of fused-ring (bicyclic) bond motifs is 1. The van der Waals surface area contributed by atoms with Gasteiger partial charge >= 0.3 is 0 Å². The van der Waals surface area contributed by atoms with Crippen molar-refractivity contribution in [3.05, 3.63) is 76.8 Å². The fourth-order valence-electron chi connectivity index (χ4n) is 5.80. The minimum absolute atomic E-state index is 0.152. The number of aromatic amines is 1. The molecular formula is C31H34N6O2. The molecule has 8 heteroatoms. The lowest BCUT2D eigenvalue weighted by molar-refractivity contribution is -0.129. The summed E-state index contributed by atoms with van der Waals surface area (Å²) in [5, 5.41) is 4.75. The number of hydrogen-bond acceptors (Lipinski definition) is 6. The summed E-state index contributed by atoms with van der Waals surface area (Å²) in [6.07, 6.45) is 9.19. The van der Waals surface area contributed by atoms with Gasteiger partial charge in [0.05, 0.1) is 11.1 Å². The summed E-state index contributed by atoms with van der Waals surface area (Å²) in [6.45, 7) is 5.35. The fraction of sp³-hybridized carbons (Fsp3) is 0.355. The number of nitrogens with zero attached hydrogens (tertiary/aromatic N) is 4. The highest BCUT2D eigenvalue weighted by molar-refractivity contribution is 5.95. The molecule has 4 aromatic rings. The van der Waals surface area contributed by atoms with Gasteiger partial charge in [-0.05, 0) is 85.4 Å². The Labute approximate surface area is 228 Å². The number of rotatable bonds is 5. The van der Waals surface area contributed by atoms with Gasteiger partial charge in [0.1, 0.15) is 11.6 Å². The van der Waals surface area contributed by atoms with Crippen LogP contribution in [0.2, 0.25) is 0 Å². The van der Waals surface area contributed by atoms with E-state index in [0.29, 0.717) is 17.1 Å². The molecule has 39 heavy (non-hydrogen) atoms. The second-order valence-electron chi connectivity index (χ2n) is 10.6. The van der Waals surface area contributed by atoms with Gasteiger partial charge in [-0.3, -0.25) is 9.59 Å². The summed E-state index contributed by atoms with van der Waals surface area (Å²) < 4.78 is 0. The fourth-order valence-corrected chi connectivity index (χ4v) is 5.80. The molecule has 0 radical (unpaired) electrons. The highest BCUT2D eigenvalue weighted by Crippen LogP contribution is 2.31. The number of pyridine rings is 3. The number of piperidine rings is 2. The summed E-state index contributed by atoms with van der Waals surface area (Å²) >= 11 is 0. The Hall–Kier alpha value is -4.20. The number of nitrogens with one attached hydrogen (secondary N) is 2. The minimum atomic E-state index is -0.179. The van der Waals surface area contributed by atoms with E-state index in [9.17, 15) is 9.59 Å². The van der Waals surface area contributed by atoms with Crippen LogP contribution in [0.25, 0.3) is 22.0 Å². The lowest BCUT2D eigenvalue weighted by Gasteiger charge is -2.31. The number of aromatic nitrogens is 3. The van der Waals surface area contributed by atoms with Crippen molar-refractivity contribution in [3.8, 4) is 11.3 Å². The average Bonchev–Trinajstić information content (AvgIpc) is 2.98. The Morgan fingerprint density at radius 2 is 1.74 bits per heavy atom. The van der Waals surface area contributed by atoms with E-state index in [1.807, 2.05) is 35.4 Å². The molecule has 5 heterocycles. The molecule has 1 amide bonds. The first-order valence-corrected chi connectivity index (χ1v) is 13.9. The molecule has 6 rings (SSSR count). The van der Waals surface area contributed by atoms with Crippen LogP contribution >= 0.6 is 0 Å². The van der Waals surface area contributed by atoms with E-state index >= 15 is 0 Å². The van der Waals surface area contributed by atoms with Gasteiger partial charge in [-0.15, -0.1) is 0 Å². The van der Waals surface area contributed by atoms with Crippen LogP contribution in [0.5, 0.6) is 0 Å². The molecule has 2 fully saturated rings. The maximum absolute atomic E-state index is 12.8. The normalized spacial score (nSPS) is 16.4. The van der Waals surface area contributed by atoms with Gasteiger partial charge in [0, 0.05) is 56.7 Å². The Kier molecular flexibility index (Phi) is 7.00. The van der Waals surface area contributed by atoms with Crippen LogP contribution in [0.1, 0.15) is 50.5 Å². The van der Waals surface area contributed by atoms with E-state index in [-0.39, 0.29) is 11.5 Å². The Bertz CT molecular complexity index is 1520. The Balaban J connectivity index is 1.26. The summed E-state index contributed by atoms with van der Waals surface area (Å²) in [7, 11) is 0. The molecule has 0 spiro atoms. The lowest BCUT2D eigenvalue weighted by atomic mass is 9.89. The van der Waals surface area contributed by atoms with Crippen LogP contribution < -0.4 is 15.8 Å². The predicted octanol–water partition coefficient (Wildman–Crippen LogP) is 5.44. The highest BCUT2D eigenvalue weighted by atomic mass is 16.2. The molecule has 0 unspecified atom stereocenters. The maximum atomic E-state index is 12.8. The average molecular weight is 523 g/mol. The van der Waals surface area contributed by atoms with Crippen molar-refractivity contribution in [2.45, 2.75) is 44.9 Å². The molecule has 200 valence electrons. The monoisotopic (exact) mass is 522 g/mol. The van der Waals surface area contributed by atoms with Crippen molar-refractivity contribution in [2.75, 3.05) is 36.4 Å². The molecule has 3 aromatic heterocycles. The van der Waals surface area contributed by atoms with Gasteiger partial charge in [0.15, 0.2) is 0 Å². The van der Waals surface area contributed by atoms with Crippen LogP contribution in [-0.4, -0.2) is 51.9 Å². The van der Waals surface area contributed by atoms with Crippen LogP contribution in [0.15, 0.2) is 65.7 Å². The highest BCUT2D eigenvalue weighted by Gasteiger charge is 2.22. The zero-order chi connectivity index (χ0) is 26.8. The molecule has 0 aliphatic carbocycles. The van der Waals surface area contributed by atoms with E-state index in [0.717, 1.165) is 67.2 Å². The molecule has 0 saturated carbocycles. The maximum Gasteiger partial charge on any atom is 0.259 e. The van der Waals surface area contributed by atoms with Gasteiger partial charge in [-0.2, -0.15) is 0 Å². The van der Waals surface area contributed by atoms with Crippen LogP contribution in [0.3, 0.4) is 0 Å². The summed E-state index contributed by atoms with van der Waals surface area (Å²) in [6, 6.07) is 16.3. The molecule has 0 bridgehead atoms. The number of H-pyrrole nitrogens is 1. The number of anilines is 3. The molecule has 0 atom stereocenters. The molecule has 1 aromatic carbocycles. The first-order valence-electron chi connectivity index (χ1n) is 13.9.